The second kappa shape index (κ2) is 8.14. The monoisotopic (exact) mass is 344 g/mol. The van der Waals surface area contributed by atoms with Gasteiger partial charge in [-0.25, -0.2) is 0 Å². The molecule has 2 unspecified atom stereocenters. The van der Waals surface area contributed by atoms with Gasteiger partial charge >= 0.3 is 6.61 Å². The maximum absolute atomic E-state index is 12.5. The second-order valence-electron chi connectivity index (χ2n) is 5.64. The minimum atomic E-state index is -3.03. The highest BCUT2D eigenvalue weighted by Gasteiger charge is 2.25. The average molecular weight is 344 g/mol. The summed E-state index contributed by atoms with van der Waals surface area (Å²) in [6.45, 7) is 0.663. The molecule has 1 heterocycles. The Balaban J connectivity index is 2.24. The van der Waals surface area contributed by atoms with Crippen LogP contribution in [0.3, 0.4) is 0 Å². The zero-order valence-electron chi connectivity index (χ0n) is 13.9. The molecule has 134 valence electrons. The Kier molecular flexibility index (Phi) is 6.19. The molecule has 24 heavy (non-hydrogen) atoms. The van der Waals surface area contributed by atoms with Crippen LogP contribution >= 0.6 is 0 Å². The van der Waals surface area contributed by atoms with E-state index in [4.69, 9.17) is 9.47 Å². The number of rotatable bonds is 6. The van der Waals surface area contributed by atoms with Gasteiger partial charge < -0.3 is 24.8 Å². The minimum absolute atomic E-state index is 0.000213. The van der Waals surface area contributed by atoms with Crippen molar-refractivity contribution in [2.45, 2.75) is 26.0 Å². The van der Waals surface area contributed by atoms with E-state index in [2.05, 4.69) is 22.3 Å². The highest BCUT2D eigenvalue weighted by atomic mass is 19.3. The smallest absolute Gasteiger partial charge is 0.387 e. The lowest BCUT2D eigenvalue weighted by molar-refractivity contribution is -0.0526. The van der Waals surface area contributed by atoms with Gasteiger partial charge in [-0.15, -0.1) is 0 Å². The molecule has 1 aliphatic heterocycles. The predicted octanol–water partition coefficient (Wildman–Crippen LogP) is 2.03. The Bertz CT molecular complexity index is 558. The molecular formula is C16H22F2N2O4. The largest absolute Gasteiger partial charge is 0.493 e. The van der Waals surface area contributed by atoms with Crippen LogP contribution in [0.5, 0.6) is 17.2 Å². The number of halogens is 2. The molecule has 0 aliphatic carbocycles. The summed E-state index contributed by atoms with van der Waals surface area (Å²) in [4.78, 5) is 12.5. The van der Waals surface area contributed by atoms with Gasteiger partial charge in [0.25, 0.3) is 5.91 Å². The first kappa shape index (κ1) is 18.3. The van der Waals surface area contributed by atoms with E-state index >= 15 is 0 Å². The second-order valence-corrected chi connectivity index (χ2v) is 5.64. The summed E-state index contributed by atoms with van der Waals surface area (Å²) in [5.74, 6) is -0.195. The van der Waals surface area contributed by atoms with Crippen molar-refractivity contribution in [1.82, 2.24) is 10.6 Å². The molecule has 0 bridgehead atoms. The van der Waals surface area contributed by atoms with Gasteiger partial charge in [0.1, 0.15) is 0 Å². The quantitative estimate of drug-likeness (QED) is 0.826. The van der Waals surface area contributed by atoms with Crippen molar-refractivity contribution in [3.05, 3.63) is 17.7 Å². The fourth-order valence-corrected chi connectivity index (χ4v) is 2.65. The predicted molar refractivity (Wildman–Crippen MR) is 84.1 cm³/mol. The number of ether oxygens (including phenoxy) is 3. The Morgan fingerprint density at radius 3 is 2.42 bits per heavy atom. The van der Waals surface area contributed by atoms with Crippen LogP contribution < -0.4 is 24.8 Å². The number of carbonyl (C=O) groups is 1. The summed E-state index contributed by atoms with van der Waals surface area (Å²) in [5, 5.41) is 6.18. The van der Waals surface area contributed by atoms with Crippen molar-refractivity contribution in [3.63, 3.8) is 0 Å². The standard InChI is InChI=1S/C16H22F2N2O4/c1-9-4-5-19-8-11(9)20-15(21)10-6-12(22-2)14(24-16(17)18)13(7-10)23-3/h6-7,9,11,16,19H,4-5,8H2,1-3H3,(H,20,21). The van der Waals surface area contributed by atoms with E-state index in [1.165, 1.54) is 26.4 Å². The molecule has 1 aliphatic rings. The van der Waals surface area contributed by atoms with Gasteiger partial charge in [-0.2, -0.15) is 8.78 Å². The summed E-state index contributed by atoms with van der Waals surface area (Å²) in [5.41, 5.74) is 0.253. The number of alkyl halides is 2. The fourth-order valence-electron chi connectivity index (χ4n) is 2.65. The van der Waals surface area contributed by atoms with Crippen molar-refractivity contribution in [3.8, 4) is 17.2 Å². The number of nitrogens with one attached hydrogen (secondary N) is 2. The molecule has 2 atom stereocenters. The first-order chi connectivity index (χ1) is 11.5. The number of benzene rings is 1. The first-order valence-corrected chi connectivity index (χ1v) is 7.68. The van der Waals surface area contributed by atoms with Crippen molar-refractivity contribution >= 4 is 5.91 Å². The lowest BCUT2D eigenvalue weighted by Gasteiger charge is -2.30. The molecule has 1 aromatic carbocycles. The number of carbonyl (C=O) groups excluding carboxylic acids is 1. The Hall–Kier alpha value is -2.09. The van der Waals surface area contributed by atoms with Crippen molar-refractivity contribution < 1.29 is 27.8 Å². The van der Waals surface area contributed by atoms with E-state index in [1.807, 2.05) is 0 Å². The average Bonchev–Trinajstić information content (AvgIpc) is 2.56. The molecule has 0 aromatic heterocycles. The Labute approximate surface area is 139 Å². The molecule has 1 saturated heterocycles. The molecule has 2 N–H and O–H groups in total. The third-order valence-electron chi connectivity index (χ3n) is 4.07. The van der Waals surface area contributed by atoms with Crippen LogP contribution in [0.2, 0.25) is 0 Å². The summed E-state index contributed by atoms with van der Waals surface area (Å²) >= 11 is 0. The normalized spacial score (nSPS) is 20.6. The van der Waals surface area contributed by atoms with E-state index in [0.717, 1.165) is 13.0 Å². The first-order valence-electron chi connectivity index (χ1n) is 7.68. The summed E-state index contributed by atoms with van der Waals surface area (Å²) < 4.78 is 39.6. The lowest BCUT2D eigenvalue weighted by atomic mass is 9.94. The Morgan fingerprint density at radius 1 is 1.29 bits per heavy atom. The van der Waals surface area contributed by atoms with Gasteiger partial charge in [0.05, 0.1) is 14.2 Å². The van der Waals surface area contributed by atoms with Gasteiger partial charge in [0.15, 0.2) is 11.5 Å². The number of methoxy groups -OCH3 is 2. The van der Waals surface area contributed by atoms with Crippen LogP contribution in [-0.2, 0) is 0 Å². The van der Waals surface area contributed by atoms with Gasteiger partial charge in [0.2, 0.25) is 5.75 Å². The number of hydrogen-bond acceptors (Lipinski definition) is 5. The molecular weight excluding hydrogens is 322 g/mol. The number of amides is 1. The van der Waals surface area contributed by atoms with Crippen molar-refractivity contribution in [1.29, 1.82) is 0 Å². The molecule has 2 rings (SSSR count). The van der Waals surface area contributed by atoms with E-state index in [0.29, 0.717) is 12.5 Å². The van der Waals surface area contributed by atoms with E-state index in [9.17, 15) is 13.6 Å². The van der Waals surface area contributed by atoms with Crippen LogP contribution in [0.1, 0.15) is 23.7 Å². The highest BCUT2D eigenvalue weighted by molar-refractivity contribution is 5.95. The molecule has 0 radical (unpaired) electrons. The lowest BCUT2D eigenvalue weighted by Crippen LogP contribution is -2.50. The third-order valence-corrected chi connectivity index (χ3v) is 4.07. The van der Waals surface area contributed by atoms with Crippen LogP contribution in [0, 0.1) is 5.92 Å². The molecule has 1 amide bonds. The van der Waals surface area contributed by atoms with Crippen molar-refractivity contribution in [2.24, 2.45) is 5.92 Å². The van der Waals surface area contributed by atoms with Crippen LogP contribution in [0.4, 0.5) is 8.78 Å². The zero-order chi connectivity index (χ0) is 17.7. The molecule has 0 spiro atoms. The molecule has 6 nitrogen and oxygen atoms in total. The third kappa shape index (κ3) is 4.25. The molecule has 1 aromatic rings. The van der Waals surface area contributed by atoms with E-state index in [-0.39, 0.29) is 34.8 Å². The summed E-state index contributed by atoms with van der Waals surface area (Å²) in [6.07, 6.45) is 0.971. The SMILES string of the molecule is COc1cc(C(=O)NC2CNCCC2C)cc(OC)c1OC(F)F. The number of hydrogen-bond donors (Lipinski definition) is 2. The van der Waals surface area contributed by atoms with Crippen molar-refractivity contribution in [2.75, 3.05) is 27.3 Å². The van der Waals surface area contributed by atoms with Crippen LogP contribution in [0.15, 0.2) is 12.1 Å². The van der Waals surface area contributed by atoms with Gasteiger partial charge in [-0.3, -0.25) is 4.79 Å². The van der Waals surface area contributed by atoms with Crippen LogP contribution in [-0.4, -0.2) is 45.9 Å². The molecule has 1 fully saturated rings. The van der Waals surface area contributed by atoms with E-state index in [1.54, 1.807) is 0 Å². The Morgan fingerprint density at radius 2 is 1.92 bits per heavy atom. The van der Waals surface area contributed by atoms with Crippen LogP contribution in [0.25, 0.3) is 0 Å². The number of piperidine rings is 1. The topological polar surface area (TPSA) is 68.8 Å². The maximum atomic E-state index is 12.5. The minimum Gasteiger partial charge on any atom is -0.493 e. The molecule has 8 heteroatoms. The highest BCUT2D eigenvalue weighted by Crippen LogP contribution is 2.39. The summed E-state index contributed by atoms with van der Waals surface area (Å²) in [7, 11) is 2.61. The van der Waals surface area contributed by atoms with Gasteiger partial charge in [-0.05, 0) is 31.0 Å². The van der Waals surface area contributed by atoms with E-state index < -0.39 is 6.61 Å². The van der Waals surface area contributed by atoms with Gasteiger partial charge in [0, 0.05) is 18.2 Å². The summed E-state index contributed by atoms with van der Waals surface area (Å²) in [6, 6.07) is 2.72. The maximum Gasteiger partial charge on any atom is 0.387 e. The molecule has 0 saturated carbocycles. The zero-order valence-corrected chi connectivity index (χ0v) is 13.9. The fraction of sp³-hybridized carbons (Fsp3) is 0.562. The van der Waals surface area contributed by atoms with Gasteiger partial charge in [-0.1, -0.05) is 6.92 Å².